The molecule has 6 rings (SSSR count). The zero-order valence-electron chi connectivity index (χ0n) is 24.0. The highest BCUT2D eigenvalue weighted by atomic mass is 16.4. The first-order valence-electron chi connectivity index (χ1n) is 14.8. The summed E-state index contributed by atoms with van der Waals surface area (Å²) in [5.41, 5.74) is 7.15. The number of hydrogen-bond acceptors (Lipinski definition) is 3. The van der Waals surface area contributed by atoms with Crippen molar-refractivity contribution in [3.63, 3.8) is 0 Å². The van der Waals surface area contributed by atoms with Gasteiger partial charge in [0.2, 0.25) is 5.91 Å². The molecule has 214 valence electrons. The molecule has 0 saturated carbocycles. The number of aromatic carboxylic acids is 1. The lowest BCUT2D eigenvalue weighted by Gasteiger charge is -2.42. The number of nitrogens with zero attached hydrogens (tertiary/aromatic N) is 2. The van der Waals surface area contributed by atoms with Crippen molar-refractivity contribution in [1.82, 2.24) is 9.88 Å². The molecule has 5 heteroatoms. The second-order valence-electron chi connectivity index (χ2n) is 11.2. The molecule has 1 aliphatic carbocycles. The average molecular weight is 567 g/mol. The van der Waals surface area contributed by atoms with Gasteiger partial charge in [0, 0.05) is 12.1 Å². The summed E-state index contributed by atoms with van der Waals surface area (Å²) in [7, 11) is 0. The molecule has 1 aliphatic rings. The van der Waals surface area contributed by atoms with Gasteiger partial charge in [-0.3, -0.25) is 4.79 Å². The highest BCUT2D eigenvalue weighted by Crippen LogP contribution is 2.41. The van der Waals surface area contributed by atoms with E-state index < -0.39 is 5.97 Å². The van der Waals surface area contributed by atoms with E-state index >= 15 is 0 Å². The molecule has 0 aliphatic heterocycles. The Balaban J connectivity index is 1.36. The van der Waals surface area contributed by atoms with E-state index in [0.29, 0.717) is 12.2 Å². The van der Waals surface area contributed by atoms with Crippen LogP contribution in [0.4, 0.5) is 0 Å². The SMILES string of the molecule is O=C(O)c1cccc(-c2cccc(CC(=O)N(Cc3ccccc3)C3c4ccccc4CCC3Cc3ccccc3)c2)n1. The molecule has 2 unspecified atom stereocenters. The van der Waals surface area contributed by atoms with Crippen LogP contribution in [-0.4, -0.2) is 26.9 Å². The van der Waals surface area contributed by atoms with E-state index in [2.05, 4.69) is 70.5 Å². The molecule has 0 saturated heterocycles. The topological polar surface area (TPSA) is 70.5 Å². The lowest BCUT2D eigenvalue weighted by atomic mass is 9.76. The van der Waals surface area contributed by atoms with Crippen LogP contribution < -0.4 is 0 Å². The van der Waals surface area contributed by atoms with Crippen LogP contribution in [0.15, 0.2) is 127 Å². The first kappa shape index (κ1) is 28.1. The summed E-state index contributed by atoms with van der Waals surface area (Å²) in [6.45, 7) is 0.520. The lowest BCUT2D eigenvalue weighted by Crippen LogP contribution is -2.41. The number of carbonyl (C=O) groups excluding carboxylic acids is 1. The molecule has 1 N–H and O–H groups in total. The third-order valence-electron chi connectivity index (χ3n) is 8.34. The predicted molar refractivity (Wildman–Crippen MR) is 168 cm³/mol. The van der Waals surface area contributed by atoms with Gasteiger partial charge in [-0.15, -0.1) is 0 Å². The first-order chi connectivity index (χ1) is 21.0. The monoisotopic (exact) mass is 566 g/mol. The number of fused-ring (bicyclic) bond motifs is 1. The minimum absolute atomic E-state index is 0.00608. The van der Waals surface area contributed by atoms with E-state index in [9.17, 15) is 14.7 Å². The van der Waals surface area contributed by atoms with Crippen molar-refractivity contribution in [2.45, 2.75) is 38.3 Å². The Bertz CT molecular complexity index is 1720. The van der Waals surface area contributed by atoms with Crippen LogP contribution >= 0.6 is 0 Å². The highest BCUT2D eigenvalue weighted by Gasteiger charge is 2.36. The molecule has 5 aromatic rings. The smallest absolute Gasteiger partial charge is 0.354 e. The number of carboxylic acid groups (broad SMARTS) is 1. The van der Waals surface area contributed by atoms with Crippen molar-refractivity contribution < 1.29 is 14.7 Å². The molecule has 43 heavy (non-hydrogen) atoms. The van der Waals surface area contributed by atoms with Crippen molar-refractivity contribution in [2.75, 3.05) is 0 Å². The molecule has 5 nitrogen and oxygen atoms in total. The summed E-state index contributed by atoms with van der Waals surface area (Å²) >= 11 is 0. The number of aryl methyl sites for hydroxylation is 1. The summed E-state index contributed by atoms with van der Waals surface area (Å²) in [6.07, 6.45) is 3.15. The van der Waals surface area contributed by atoms with Gasteiger partial charge in [0.25, 0.3) is 0 Å². The van der Waals surface area contributed by atoms with Crippen molar-refractivity contribution in [3.05, 3.63) is 161 Å². The predicted octanol–water partition coefficient (Wildman–Crippen LogP) is 7.56. The van der Waals surface area contributed by atoms with Crippen LogP contribution in [0.3, 0.4) is 0 Å². The van der Waals surface area contributed by atoms with Crippen LogP contribution in [-0.2, 0) is 30.6 Å². The number of benzene rings is 4. The fourth-order valence-corrected chi connectivity index (χ4v) is 6.31. The summed E-state index contributed by atoms with van der Waals surface area (Å²) in [4.78, 5) is 32.3. The van der Waals surface area contributed by atoms with Crippen LogP contribution in [0.2, 0.25) is 0 Å². The van der Waals surface area contributed by atoms with Crippen LogP contribution in [0.1, 0.15) is 50.8 Å². The van der Waals surface area contributed by atoms with Gasteiger partial charge >= 0.3 is 5.97 Å². The zero-order chi connectivity index (χ0) is 29.6. The molecule has 1 heterocycles. The fourth-order valence-electron chi connectivity index (χ4n) is 6.31. The van der Waals surface area contributed by atoms with Crippen LogP contribution in [0.5, 0.6) is 0 Å². The molecule has 2 atom stereocenters. The number of amides is 1. The van der Waals surface area contributed by atoms with E-state index in [0.717, 1.165) is 36.0 Å². The van der Waals surface area contributed by atoms with Gasteiger partial charge in [0.05, 0.1) is 18.2 Å². The Morgan fingerprint density at radius 1 is 0.744 bits per heavy atom. The lowest BCUT2D eigenvalue weighted by molar-refractivity contribution is -0.135. The van der Waals surface area contributed by atoms with E-state index in [1.807, 2.05) is 48.5 Å². The Morgan fingerprint density at radius 3 is 2.19 bits per heavy atom. The molecular weight excluding hydrogens is 532 g/mol. The number of rotatable bonds is 9. The van der Waals surface area contributed by atoms with E-state index in [1.54, 1.807) is 12.1 Å². The molecule has 1 aromatic heterocycles. The fraction of sp³-hybridized carbons (Fsp3) is 0.184. The Kier molecular flexibility index (Phi) is 8.41. The molecule has 0 spiro atoms. The summed E-state index contributed by atoms with van der Waals surface area (Å²) in [5, 5.41) is 9.41. The van der Waals surface area contributed by atoms with E-state index in [4.69, 9.17) is 0 Å². The third kappa shape index (κ3) is 6.57. The standard InChI is InChI=1S/C38H34N2O3/c41-36(25-29-15-9-17-31(24-29)34-19-10-20-35(39-34)38(42)43)40(26-28-13-5-2-6-14-28)37-32(23-27-11-3-1-4-12-27)22-21-30-16-7-8-18-33(30)37/h1-20,24,32,37H,21-23,25-26H2,(H,42,43). The average Bonchev–Trinajstić information content (AvgIpc) is 3.05. The normalized spacial score (nSPS) is 15.8. The maximum atomic E-state index is 14.4. The van der Waals surface area contributed by atoms with Gasteiger partial charge in [-0.1, -0.05) is 109 Å². The second-order valence-corrected chi connectivity index (χ2v) is 11.2. The van der Waals surface area contributed by atoms with E-state index in [-0.39, 0.29) is 30.0 Å². The minimum atomic E-state index is -1.07. The maximum absolute atomic E-state index is 14.4. The Labute approximate surface area is 252 Å². The summed E-state index contributed by atoms with van der Waals surface area (Å²) in [5.74, 6) is -0.727. The zero-order valence-corrected chi connectivity index (χ0v) is 24.0. The van der Waals surface area contributed by atoms with Crippen LogP contribution in [0, 0.1) is 5.92 Å². The molecule has 0 radical (unpaired) electrons. The summed E-state index contributed by atoms with van der Waals surface area (Å²) < 4.78 is 0. The molecular formula is C38H34N2O3. The van der Waals surface area contributed by atoms with Gasteiger partial charge in [-0.25, -0.2) is 9.78 Å². The van der Waals surface area contributed by atoms with Crippen molar-refractivity contribution in [3.8, 4) is 11.3 Å². The third-order valence-corrected chi connectivity index (χ3v) is 8.34. The van der Waals surface area contributed by atoms with Gasteiger partial charge in [0.15, 0.2) is 0 Å². The van der Waals surface area contributed by atoms with Gasteiger partial charge in [-0.05, 0) is 71.2 Å². The number of hydrogen-bond donors (Lipinski definition) is 1. The van der Waals surface area contributed by atoms with Crippen molar-refractivity contribution in [2.24, 2.45) is 5.92 Å². The van der Waals surface area contributed by atoms with Crippen molar-refractivity contribution >= 4 is 11.9 Å². The first-order valence-corrected chi connectivity index (χ1v) is 14.8. The number of carboxylic acids is 1. The van der Waals surface area contributed by atoms with Gasteiger partial charge in [-0.2, -0.15) is 0 Å². The number of pyridine rings is 1. The second kappa shape index (κ2) is 12.9. The quantitative estimate of drug-likeness (QED) is 0.200. The van der Waals surface area contributed by atoms with Crippen LogP contribution in [0.25, 0.3) is 11.3 Å². The van der Waals surface area contributed by atoms with Gasteiger partial charge in [0.1, 0.15) is 5.69 Å². The maximum Gasteiger partial charge on any atom is 0.354 e. The number of carbonyl (C=O) groups is 2. The van der Waals surface area contributed by atoms with Crippen molar-refractivity contribution in [1.29, 1.82) is 0 Å². The Morgan fingerprint density at radius 2 is 1.42 bits per heavy atom. The largest absolute Gasteiger partial charge is 0.477 e. The molecule has 0 bridgehead atoms. The molecule has 4 aromatic carbocycles. The molecule has 1 amide bonds. The van der Waals surface area contributed by atoms with E-state index in [1.165, 1.54) is 22.8 Å². The Hall–Kier alpha value is -5.03. The minimum Gasteiger partial charge on any atom is -0.477 e. The number of aromatic nitrogens is 1. The molecule has 0 fully saturated rings. The summed E-state index contributed by atoms with van der Waals surface area (Å²) in [6, 6.07) is 42.0. The van der Waals surface area contributed by atoms with Gasteiger partial charge < -0.3 is 10.0 Å². The highest BCUT2D eigenvalue weighted by molar-refractivity contribution is 5.86.